The van der Waals surface area contributed by atoms with Crippen molar-refractivity contribution in [3.8, 4) is 0 Å². The van der Waals surface area contributed by atoms with Crippen LogP contribution in [0, 0.1) is 0 Å². The second kappa shape index (κ2) is 5.34. The Morgan fingerprint density at radius 3 is 2.80 bits per heavy atom. The second-order valence-corrected chi connectivity index (χ2v) is 7.01. The lowest BCUT2D eigenvalue weighted by molar-refractivity contribution is 0.391. The number of pyridine rings is 1. The predicted octanol–water partition coefficient (Wildman–Crippen LogP) is 4.36. The molecule has 5 rings (SSSR count). The molecule has 1 saturated heterocycles. The summed E-state index contributed by atoms with van der Waals surface area (Å²) in [4.78, 5) is 11.8. The Balaban J connectivity index is 1.50. The average Bonchev–Trinajstić information content (AvgIpc) is 3.19. The van der Waals surface area contributed by atoms with Crippen LogP contribution in [0.1, 0.15) is 31.6 Å². The summed E-state index contributed by atoms with van der Waals surface area (Å²) in [6.45, 7) is 6.30. The van der Waals surface area contributed by atoms with E-state index in [9.17, 15) is 0 Å². The van der Waals surface area contributed by atoms with Gasteiger partial charge in [0.2, 0.25) is 0 Å². The van der Waals surface area contributed by atoms with Crippen LogP contribution in [-0.2, 0) is 0 Å². The maximum absolute atomic E-state index is 5.50. The largest absolute Gasteiger partial charge is 0.464 e. The van der Waals surface area contributed by atoms with Crippen molar-refractivity contribution in [1.29, 1.82) is 0 Å². The van der Waals surface area contributed by atoms with Gasteiger partial charge in [0, 0.05) is 25.2 Å². The quantitative estimate of drug-likeness (QED) is 0.559. The molecule has 0 saturated carbocycles. The minimum absolute atomic E-state index is 0.400. The lowest BCUT2D eigenvalue weighted by Crippen LogP contribution is -2.48. The number of anilines is 1. The third-order valence-electron chi connectivity index (χ3n) is 5.03. The number of hydrogen-bond acceptors (Lipinski definition) is 4. The highest BCUT2D eigenvalue weighted by Crippen LogP contribution is 2.35. The van der Waals surface area contributed by atoms with E-state index in [1.165, 1.54) is 11.3 Å². The first kappa shape index (κ1) is 14.5. The van der Waals surface area contributed by atoms with Gasteiger partial charge in [-0.2, -0.15) is 0 Å². The van der Waals surface area contributed by atoms with Gasteiger partial charge in [-0.1, -0.05) is 26.0 Å². The Morgan fingerprint density at radius 1 is 1.12 bits per heavy atom. The van der Waals surface area contributed by atoms with E-state index < -0.39 is 0 Å². The summed E-state index contributed by atoms with van der Waals surface area (Å²) in [6.07, 6.45) is 3.55. The third-order valence-corrected chi connectivity index (χ3v) is 5.03. The molecule has 1 fully saturated rings. The molecule has 0 bridgehead atoms. The lowest BCUT2D eigenvalue weighted by atomic mass is 10.1. The van der Waals surface area contributed by atoms with Crippen LogP contribution in [0.4, 0.5) is 5.82 Å². The van der Waals surface area contributed by atoms with Crippen LogP contribution in [0.2, 0.25) is 0 Å². The smallest absolute Gasteiger partial charge is 0.139 e. The highest BCUT2D eigenvalue weighted by atomic mass is 16.3. The van der Waals surface area contributed by atoms with E-state index in [1.807, 2.05) is 18.3 Å². The molecule has 1 aliphatic heterocycles. The van der Waals surface area contributed by atoms with Crippen LogP contribution in [0.25, 0.3) is 22.0 Å². The Morgan fingerprint density at radius 2 is 1.96 bits per heavy atom. The van der Waals surface area contributed by atoms with Crippen LogP contribution in [0.5, 0.6) is 0 Å². The fraction of sp³-hybridized carbons (Fsp3) is 0.300. The average molecular weight is 332 g/mol. The second-order valence-electron chi connectivity index (χ2n) is 7.01. The number of aromatic nitrogens is 3. The van der Waals surface area contributed by atoms with E-state index in [-0.39, 0.29) is 0 Å². The molecule has 0 N–H and O–H groups in total. The van der Waals surface area contributed by atoms with Gasteiger partial charge in [-0.15, -0.1) is 0 Å². The van der Waals surface area contributed by atoms with Gasteiger partial charge in [-0.3, -0.25) is 0 Å². The molecule has 0 amide bonds. The molecule has 5 nitrogen and oxygen atoms in total. The maximum atomic E-state index is 5.50. The molecule has 0 radical (unpaired) electrons. The summed E-state index contributed by atoms with van der Waals surface area (Å²) in [5, 5.41) is 1.08. The van der Waals surface area contributed by atoms with Crippen molar-refractivity contribution in [3.63, 3.8) is 0 Å². The van der Waals surface area contributed by atoms with E-state index in [4.69, 9.17) is 9.40 Å². The highest BCUT2D eigenvalue weighted by Gasteiger charge is 2.33. The number of para-hydroxylation sites is 2. The van der Waals surface area contributed by atoms with E-state index in [2.05, 4.69) is 52.6 Å². The molecule has 5 heteroatoms. The van der Waals surface area contributed by atoms with Crippen LogP contribution < -0.4 is 4.90 Å². The Labute approximate surface area is 145 Å². The molecule has 1 aliphatic rings. The van der Waals surface area contributed by atoms with Gasteiger partial charge in [-0.25, -0.2) is 9.97 Å². The zero-order chi connectivity index (χ0) is 17.0. The van der Waals surface area contributed by atoms with Gasteiger partial charge in [0.05, 0.1) is 28.7 Å². The van der Waals surface area contributed by atoms with Crippen LogP contribution >= 0.6 is 0 Å². The number of fused-ring (bicyclic) bond motifs is 2. The van der Waals surface area contributed by atoms with Crippen molar-refractivity contribution >= 4 is 27.8 Å². The zero-order valence-electron chi connectivity index (χ0n) is 14.4. The Bertz CT molecular complexity index is 1060. The lowest BCUT2D eigenvalue weighted by Gasteiger charge is -2.42. The number of hydrogen-bond donors (Lipinski definition) is 0. The minimum atomic E-state index is 0.400. The first-order valence-corrected chi connectivity index (χ1v) is 8.76. The van der Waals surface area contributed by atoms with Gasteiger partial charge in [-0.05, 0) is 24.3 Å². The standard InChI is InChI=1S/C20H20N4O/c1-13(2)19-22-16-5-3-4-6-17(16)24(19)14-11-23(12-14)20-15-8-10-25-18(15)7-9-21-20/h3-10,13-14H,11-12H2,1-2H3. The first-order chi connectivity index (χ1) is 12.2. The van der Waals surface area contributed by atoms with Crippen LogP contribution in [0.3, 0.4) is 0 Å². The van der Waals surface area contributed by atoms with E-state index in [1.54, 1.807) is 6.26 Å². The number of rotatable bonds is 3. The molecule has 0 atom stereocenters. The van der Waals surface area contributed by atoms with E-state index >= 15 is 0 Å². The van der Waals surface area contributed by atoms with Gasteiger partial charge in [0.15, 0.2) is 0 Å². The monoisotopic (exact) mass is 332 g/mol. The van der Waals surface area contributed by atoms with Gasteiger partial charge in [0.1, 0.15) is 17.2 Å². The summed E-state index contributed by atoms with van der Waals surface area (Å²) < 4.78 is 7.93. The topological polar surface area (TPSA) is 47.1 Å². The summed E-state index contributed by atoms with van der Waals surface area (Å²) >= 11 is 0. The van der Waals surface area contributed by atoms with E-state index in [0.29, 0.717) is 12.0 Å². The molecule has 25 heavy (non-hydrogen) atoms. The molecule has 0 spiro atoms. The van der Waals surface area contributed by atoms with Gasteiger partial charge in [0.25, 0.3) is 0 Å². The molecule has 0 unspecified atom stereocenters. The van der Waals surface area contributed by atoms with Crippen LogP contribution in [0.15, 0.2) is 53.3 Å². The molecule has 3 aromatic heterocycles. The zero-order valence-corrected chi connectivity index (χ0v) is 14.4. The van der Waals surface area contributed by atoms with E-state index in [0.717, 1.165) is 35.4 Å². The molecule has 126 valence electrons. The van der Waals surface area contributed by atoms with Crippen molar-refractivity contribution in [3.05, 3.63) is 54.7 Å². The summed E-state index contributed by atoms with van der Waals surface area (Å²) in [7, 11) is 0. The first-order valence-electron chi connectivity index (χ1n) is 8.76. The summed E-state index contributed by atoms with van der Waals surface area (Å²) in [5.41, 5.74) is 3.20. The van der Waals surface area contributed by atoms with Crippen molar-refractivity contribution < 1.29 is 4.42 Å². The normalized spacial score (nSPS) is 15.4. The Kier molecular flexibility index (Phi) is 3.10. The fourth-order valence-electron chi connectivity index (χ4n) is 3.78. The van der Waals surface area contributed by atoms with Crippen molar-refractivity contribution in [1.82, 2.24) is 14.5 Å². The van der Waals surface area contributed by atoms with Gasteiger partial charge >= 0.3 is 0 Å². The summed E-state index contributed by atoms with van der Waals surface area (Å²) in [6, 6.07) is 12.8. The maximum Gasteiger partial charge on any atom is 0.139 e. The molecular formula is C20H20N4O. The fourth-order valence-corrected chi connectivity index (χ4v) is 3.78. The van der Waals surface area contributed by atoms with Crippen LogP contribution in [-0.4, -0.2) is 27.6 Å². The number of benzene rings is 1. The molecule has 4 aromatic rings. The minimum Gasteiger partial charge on any atom is -0.464 e. The molecule has 1 aromatic carbocycles. The SMILES string of the molecule is CC(C)c1nc2ccccc2n1C1CN(c2nccc3occc23)C1. The molecular weight excluding hydrogens is 312 g/mol. The van der Waals surface area contributed by atoms with Crippen molar-refractivity contribution in [2.24, 2.45) is 0 Å². The highest BCUT2D eigenvalue weighted by molar-refractivity contribution is 5.88. The summed E-state index contributed by atoms with van der Waals surface area (Å²) in [5.74, 6) is 2.58. The predicted molar refractivity (Wildman–Crippen MR) is 99.1 cm³/mol. The number of nitrogens with zero attached hydrogens (tertiary/aromatic N) is 4. The van der Waals surface area contributed by atoms with Gasteiger partial charge < -0.3 is 13.9 Å². The van der Waals surface area contributed by atoms with Crippen molar-refractivity contribution in [2.45, 2.75) is 25.8 Å². The molecule has 4 heterocycles. The molecule has 0 aliphatic carbocycles. The Hall–Kier alpha value is -2.82. The third kappa shape index (κ3) is 2.15. The van der Waals surface area contributed by atoms with Crippen molar-refractivity contribution in [2.75, 3.05) is 18.0 Å². The number of imidazole rings is 1. The number of furan rings is 1.